The first-order valence-corrected chi connectivity index (χ1v) is 6.54. The van der Waals surface area contributed by atoms with E-state index in [9.17, 15) is 13.2 Å². The highest BCUT2D eigenvalue weighted by atomic mass is 35.5. The summed E-state index contributed by atoms with van der Waals surface area (Å²) in [6, 6.07) is 3.94. The molecule has 2 nitrogen and oxygen atoms in total. The highest BCUT2D eigenvalue weighted by Gasteiger charge is 2.35. The first-order chi connectivity index (χ1) is 9.00. The summed E-state index contributed by atoms with van der Waals surface area (Å²) in [4.78, 5) is 0. The van der Waals surface area contributed by atoms with Crippen molar-refractivity contribution in [2.75, 3.05) is 13.2 Å². The van der Waals surface area contributed by atoms with E-state index in [1.807, 2.05) is 0 Å². The van der Waals surface area contributed by atoms with Crippen LogP contribution in [-0.4, -0.2) is 19.3 Å². The maximum Gasteiger partial charge on any atom is 0.419 e. The molecule has 1 saturated heterocycles. The van der Waals surface area contributed by atoms with Crippen molar-refractivity contribution in [2.24, 2.45) is 0 Å². The van der Waals surface area contributed by atoms with Gasteiger partial charge in [0.1, 0.15) is 11.9 Å². The third-order valence-electron chi connectivity index (χ3n) is 2.97. The van der Waals surface area contributed by atoms with Gasteiger partial charge in [0.25, 0.3) is 0 Å². The Balaban J connectivity index is 2.23. The Morgan fingerprint density at radius 1 is 1.26 bits per heavy atom. The van der Waals surface area contributed by atoms with Crippen molar-refractivity contribution in [3.8, 4) is 5.75 Å². The summed E-state index contributed by atoms with van der Waals surface area (Å²) in [5.74, 6) is -0.0889. The number of alkyl halides is 4. The molecule has 0 radical (unpaired) electrons. The van der Waals surface area contributed by atoms with Crippen molar-refractivity contribution in [1.82, 2.24) is 0 Å². The Labute approximate surface area is 114 Å². The van der Waals surface area contributed by atoms with E-state index in [0.29, 0.717) is 31.6 Å². The van der Waals surface area contributed by atoms with Crippen LogP contribution in [0.15, 0.2) is 18.2 Å². The molecule has 0 spiro atoms. The summed E-state index contributed by atoms with van der Waals surface area (Å²) in [6.07, 6.45) is -3.46. The van der Waals surface area contributed by atoms with Gasteiger partial charge < -0.3 is 9.47 Å². The van der Waals surface area contributed by atoms with Crippen LogP contribution in [0, 0.1) is 0 Å². The van der Waals surface area contributed by atoms with Crippen molar-refractivity contribution in [1.29, 1.82) is 0 Å². The van der Waals surface area contributed by atoms with Crippen LogP contribution in [-0.2, 0) is 16.8 Å². The van der Waals surface area contributed by atoms with Gasteiger partial charge in [0.05, 0.1) is 18.8 Å². The van der Waals surface area contributed by atoms with Crippen molar-refractivity contribution in [3.63, 3.8) is 0 Å². The van der Waals surface area contributed by atoms with Crippen LogP contribution in [0.1, 0.15) is 24.0 Å². The summed E-state index contributed by atoms with van der Waals surface area (Å²) < 4.78 is 49.5. The Bertz CT molecular complexity index is 428. The first-order valence-electron chi connectivity index (χ1n) is 6.01. The molecule has 0 bridgehead atoms. The Hall–Kier alpha value is -0.940. The second-order valence-electron chi connectivity index (χ2n) is 4.39. The lowest BCUT2D eigenvalue weighted by Crippen LogP contribution is -2.26. The standard InChI is InChI=1S/C13H14ClF3O2/c14-8-9-1-2-12(11(7-9)13(15,16)17)19-10-3-5-18-6-4-10/h1-2,7,10H,3-6,8H2. The monoisotopic (exact) mass is 294 g/mol. The van der Waals surface area contributed by atoms with E-state index in [1.165, 1.54) is 6.07 Å². The fourth-order valence-corrected chi connectivity index (χ4v) is 2.12. The van der Waals surface area contributed by atoms with Crippen LogP contribution in [0.2, 0.25) is 0 Å². The minimum Gasteiger partial charge on any atom is -0.490 e. The lowest BCUT2D eigenvalue weighted by Gasteiger charge is -2.25. The zero-order chi connectivity index (χ0) is 13.9. The van der Waals surface area contributed by atoms with Crippen LogP contribution in [0.3, 0.4) is 0 Å². The zero-order valence-corrected chi connectivity index (χ0v) is 10.9. The van der Waals surface area contributed by atoms with Gasteiger partial charge in [-0.25, -0.2) is 0 Å². The van der Waals surface area contributed by atoms with Gasteiger partial charge in [-0.1, -0.05) is 6.07 Å². The fourth-order valence-electron chi connectivity index (χ4n) is 1.96. The Kier molecular flexibility index (Phi) is 4.58. The molecule has 19 heavy (non-hydrogen) atoms. The normalized spacial score (nSPS) is 17.5. The first kappa shape index (κ1) is 14.5. The number of hydrogen-bond acceptors (Lipinski definition) is 2. The molecule has 106 valence electrons. The van der Waals surface area contributed by atoms with Gasteiger partial charge in [0, 0.05) is 18.7 Å². The SMILES string of the molecule is FC(F)(F)c1cc(CCl)ccc1OC1CCOCC1. The molecule has 1 aromatic carbocycles. The lowest BCUT2D eigenvalue weighted by atomic mass is 10.1. The van der Waals surface area contributed by atoms with Crippen molar-refractivity contribution in [2.45, 2.75) is 31.0 Å². The predicted octanol–water partition coefficient (Wildman–Crippen LogP) is 4.00. The summed E-state index contributed by atoms with van der Waals surface area (Å²) in [5, 5.41) is 0. The molecule has 1 aromatic rings. The second kappa shape index (κ2) is 6.01. The van der Waals surface area contributed by atoms with Crippen molar-refractivity contribution < 1.29 is 22.6 Å². The highest BCUT2D eigenvalue weighted by molar-refractivity contribution is 6.17. The largest absolute Gasteiger partial charge is 0.490 e. The highest BCUT2D eigenvalue weighted by Crippen LogP contribution is 2.38. The molecule has 0 atom stereocenters. The lowest BCUT2D eigenvalue weighted by molar-refractivity contribution is -0.139. The number of halogens is 4. The van der Waals surface area contributed by atoms with Crippen LogP contribution in [0.5, 0.6) is 5.75 Å². The molecular weight excluding hydrogens is 281 g/mol. The van der Waals surface area contributed by atoms with Gasteiger partial charge in [-0.05, 0) is 17.7 Å². The van der Waals surface area contributed by atoms with Crippen molar-refractivity contribution >= 4 is 11.6 Å². The van der Waals surface area contributed by atoms with Crippen LogP contribution >= 0.6 is 11.6 Å². The zero-order valence-electron chi connectivity index (χ0n) is 10.2. The van der Waals surface area contributed by atoms with Crippen LogP contribution in [0.25, 0.3) is 0 Å². The van der Waals surface area contributed by atoms with Gasteiger partial charge in [0.2, 0.25) is 0 Å². The smallest absolute Gasteiger partial charge is 0.419 e. The molecule has 1 heterocycles. The number of rotatable bonds is 3. The third kappa shape index (κ3) is 3.76. The number of ether oxygens (including phenoxy) is 2. The third-order valence-corrected chi connectivity index (χ3v) is 3.27. The minimum absolute atomic E-state index is 0.0423. The van der Waals surface area contributed by atoms with Gasteiger partial charge in [0.15, 0.2) is 0 Å². The topological polar surface area (TPSA) is 18.5 Å². The van der Waals surface area contributed by atoms with E-state index in [2.05, 4.69) is 0 Å². The number of benzene rings is 1. The Morgan fingerprint density at radius 2 is 1.95 bits per heavy atom. The molecule has 0 saturated carbocycles. The van der Waals surface area contributed by atoms with E-state index >= 15 is 0 Å². The average molecular weight is 295 g/mol. The molecule has 6 heteroatoms. The minimum atomic E-state index is -4.44. The quantitative estimate of drug-likeness (QED) is 0.785. The molecule has 1 fully saturated rings. The van der Waals surface area contributed by atoms with Crippen LogP contribution in [0.4, 0.5) is 13.2 Å². The summed E-state index contributed by atoms with van der Waals surface area (Å²) in [5.41, 5.74) is -0.342. The van der Waals surface area contributed by atoms with Crippen LogP contribution < -0.4 is 4.74 Å². The molecule has 2 rings (SSSR count). The van der Waals surface area contributed by atoms with Gasteiger partial charge in [-0.2, -0.15) is 13.2 Å². The van der Waals surface area contributed by atoms with E-state index in [-0.39, 0.29) is 17.7 Å². The molecule has 0 aliphatic carbocycles. The van der Waals surface area contributed by atoms with Gasteiger partial charge in [-0.15, -0.1) is 11.6 Å². The molecule has 0 unspecified atom stereocenters. The fraction of sp³-hybridized carbons (Fsp3) is 0.538. The number of hydrogen-bond donors (Lipinski definition) is 0. The summed E-state index contributed by atoms with van der Waals surface area (Å²) in [6.45, 7) is 1.04. The summed E-state index contributed by atoms with van der Waals surface area (Å²) in [7, 11) is 0. The second-order valence-corrected chi connectivity index (χ2v) is 4.66. The molecule has 1 aliphatic rings. The predicted molar refractivity (Wildman–Crippen MR) is 65.5 cm³/mol. The molecule has 1 aliphatic heterocycles. The molecule has 0 amide bonds. The molecule has 0 N–H and O–H groups in total. The van der Waals surface area contributed by atoms with Crippen molar-refractivity contribution in [3.05, 3.63) is 29.3 Å². The molecular formula is C13H14ClF3O2. The van der Waals surface area contributed by atoms with E-state index < -0.39 is 11.7 Å². The van der Waals surface area contributed by atoms with E-state index in [4.69, 9.17) is 21.1 Å². The maximum atomic E-state index is 13.0. The molecule has 0 aromatic heterocycles. The summed E-state index contributed by atoms with van der Waals surface area (Å²) >= 11 is 5.57. The van der Waals surface area contributed by atoms with E-state index in [1.54, 1.807) is 6.07 Å². The van der Waals surface area contributed by atoms with Gasteiger partial charge >= 0.3 is 6.18 Å². The maximum absolute atomic E-state index is 13.0. The van der Waals surface area contributed by atoms with Gasteiger partial charge in [-0.3, -0.25) is 0 Å². The average Bonchev–Trinajstić information content (AvgIpc) is 2.39. The van der Waals surface area contributed by atoms with E-state index in [0.717, 1.165) is 6.07 Å². The Morgan fingerprint density at radius 3 is 2.53 bits per heavy atom.